The van der Waals surface area contributed by atoms with Gasteiger partial charge in [0.15, 0.2) is 0 Å². The summed E-state index contributed by atoms with van der Waals surface area (Å²) < 4.78 is 10.3. The van der Waals surface area contributed by atoms with E-state index in [1.807, 2.05) is 42.5 Å². The van der Waals surface area contributed by atoms with Crippen LogP contribution in [0.1, 0.15) is 63.3 Å². The Labute approximate surface area is 235 Å². The highest BCUT2D eigenvalue weighted by Crippen LogP contribution is 2.58. The number of anilines is 5. The summed E-state index contributed by atoms with van der Waals surface area (Å²) in [5.74, 6) is -1.12. The fourth-order valence-corrected chi connectivity index (χ4v) is 6.15. The number of carbonyl (C=O) groups is 2. The summed E-state index contributed by atoms with van der Waals surface area (Å²) in [6, 6.07) is 18.7. The van der Waals surface area contributed by atoms with Gasteiger partial charge in [-0.15, -0.1) is 0 Å². The van der Waals surface area contributed by atoms with Crippen molar-refractivity contribution in [3.63, 3.8) is 0 Å². The number of aliphatic hydroxyl groups excluding tert-OH is 1. The maximum Gasteiger partial charge on any atom is 0.340 e. The van der Waals surface area contributed by atoms with Crippen LogP contribution in [0.25, 0.3) is 22.1 Å². The van der Waals surface area contributed by atoms with E-state index in [1.54, 1.807) is 19.1 Å². The maximum absolute atomic E-state index is 13.2. The van der Waals surface area contributed by atoms with Crippen LogP contribution in [0.4, 0.5) is 28.4 Å². The number of fused-ring (bicyclic) bond motifs is 7. The zero-order valence-electron chi connectivity index (χ0n) is 22.9. The number of rotatable bonds is 3. The van der Waals surface area contributed by atoms with Crippen LogP contribution in [0.3, 0.4) is 0 Å². The van der Waals surface area contributed by atoms with Crippen molar-refractivity contribution < 1.29 is 24.2 Å². The fraction of sp³-hybridized carbons (Fsp3) is 0.188. The van der Waals surface area contributed by atoms with Gasteiger partial charge in [-0.2, -0.15) is 0 Å². The standard InChI is InChI=1S/C32H26N4O5/c1-15-17-8-5-12-22-30(17)36(23-13-7-10-19(27(23)34-22)31(38)40-3)24-14-20(32(39)41-4)28-29(25(15)24)35-26-18(16(2)37)9-6-11-21(26)33-28/h5-16,34,37H,1-4H3. The molecule has 3 heterocycles. The molecule has 204 valence electrons. The summed E-state index contributed by atoms with van der Waals surface area (Å²) in [4.78, 5) is 38.0. The molecule has 1 aromatic heterocycles. The van der Waals surface area contributed by atoms with Gasteiger partial charge in [0.2, 0.25) is 0 Å². The first kappa shape index (κ1) is 25.0. The molecule has 9 nitrogen and oxygen atoms in total. The predicted molar refractivity (Wildman–Crippen MR) is 156 cm³/mol. The topological polar surface area (TPSA) is 114 Å². The van der Waals surface area contributed by atoms with Crippen LogP contribution in [0, 0.1) is 0 Å². The Balaban J connectivity index is 1.63. The van der Waals surface area contributed by atoms with Gasteiger partial charge in [-0.25, -0.2) is 19.6 Å². The third-order valence-corrected chi connectivity index (χ3v) is 8.03. The fourth-order valence-electron chi connectivity index (χ4n) is 6.15. The van der Waals surface area contributed by atoms with E-state index in [2.05, 4.69) is 23.2 Å². The zero-order chi connectivity index (χ0) is 28.6. The van der Waals surface area contributed by atoms with E-state index >= 15 is 0 Å². The van der Waals surface area contributed by atoms with E-state index in [4.69, 9.17) is 19.4 Å². The molecule has 5 aromatic rings. The molecule has 41 heavy (non-hydrogen) atoms. The minimum Gasteiger partial charge on any atom is -0.465 e. The lowest BCUT2D eigenvalue weighted by molar-refractivity contribution is 0.0593. The Morgan fingerprint density at radius 2 is 1.63 bits per heavy atom. The molecule has 2 N–H and O–H groups in total. The molecule has 0 aliphatic carbocycles. The number of nitrogens with one attached hydrogen (secondary N) is 1. The van der Waals surface area contributed by atoms with Gasteiger partial charge in [-0.05, 0) is 42.8 Å². The molecule has 2 unspecified atom stereocenters. The molecular weight excluding hydrogens is 520 g/mol. The average molecular weight is 547 g/mol. The van der Waals surface area contributed by atoms with Gasteiger partial charge in [0.25, 0.3) is 0 Å². The lowest BCUT2D eigenvalue weighted by Crippen LogP contribution is -2.27. The highest BCUT2D eigenvalue weighted by atomic mass is 16.5. The van der Waals surface area contributed by atoms with Crippen LogP contribution in [-0.2, 0) is 9.47 Å². The summed E-state index contributed by atoms with van der Waals surface area (Å²) in [6.45, 7) is 3.80. The van der Waals surface area contributed by atoms with Gasteiger partial charge in [0.05, 0.1) is 76.4 Å². The second-order valence-corrected chi connectivity index (χ2v) is 10.3. The number of esters is 2. The SMILES string of the molecule is COC(=O)c1cccc2c1Nc1cccc3c1N2c1cc(C(=O)OC)c2nc4cccc(C(C)O)c4nc2c1C3C. The van der Waals surface area contributed by atoms with Crippen molar-refractivity contribution in [2.24, 2.45) is 0 Å². The summed E-state index contributed by atoms with van der Waals surface area (Å²) in [5, 5.41) is 14.0. The monoisotopic (exact) mass is 546 g/mol. The smallest absolute Gasteiger partial charge is 0.340 e. The number of hydrogen-bond donors (Lipinski definition) is 2. The molecular formula is C32H26N4O5. The lowest BCUT2D eigenvalue weighted by atomic mass is 9.82. The molecule has 0 saturated heterocycles. The molecule has 9 heteroatoms. The quantitative estimate of drug-likeness (QED) is 0.192. The normalized spacial score (nSPS) is 15.4. The van der Waals surface area contributed by atoms with Gasteiger partial charge < -0.3 is 24.8 Å². The molecule has 0 fully saturated rings. The average Bonchev–Trinajstić information content (AvgIpc) is 2.99. The molecule has 0 saturated carbocycles. The number of benzene rings is 4. The van der Waals surface area contributed by atoms with Crippen LogP contribution in [0.5, 0.6) is 0 Å². The second-order valence-electron chi connectivity index (χ2n) is 10.3. The number of nitrogens with zero attached hydrogens (tertiary/aromatic N) is 3. The summed E-state index contributed by atoms with van der Waals surface area (Å²) in [6.07, 6.45) is -0.762. The van der Waals surface area contributed by atoms with E-state index < -0.39 is 18.0 Å². The lowest BCUT2D eigenvalue weighted by Gasteiger charge is -2.42. The minimum absolute atomic E-state index is 0.122. The Morgan fingerprint density at radius 3 is 2.39 bits per heavy atom. The van der Waals surface area contributed by atoms with E-state index in [9.17, 15) is 14.7 Å². The first-order chi connectivity index (χ1) is 19.8. The number of methoxy groups -OCH3 is 2. The number of aromatic nitrogens is 2. The van der Waals surface area contributed by atoms with Gasteiger partial charge >= 0.3 is 11.9 Å². The second kappa shape index (κ2) is 9.00. The van der Waals surface area contributed by atoms with Crippen LogP contribution in [0.15, 0.2) is 60.7 Å². The molecule has 0 amide bonds. The van der Waals surface area contributed by atoms with Gasteiger partial charge in [0.1, 0.15) is 5.52 Å². The van der Waals surface area contributed by atoms with Crippen molar-refractivity contribution in [2.45, 2.75) is 25.9 Å². The molecule has 7 rings (SSSR count). The number of ether oxygens (including phenoxy) is 2. The number of carbonyl (C=O) groups excluding carboxylic acids is 2. The van der Waals surface area contributed by atoms with Crippen molar-refractivity contribution in [1.29, 1.82) is 0 Å². The molecule has 0 spiro atoms. The van der Waals surface area contributed by atoms with Crippen molar-refractivity contribution in [3.8, 4) is 0 Å². The predicted octanol–water partition coefficient (Wildman–Crippen LogP) is 6.40. The molecule has 2 aliphatic rings. The summed E-state index contributed by atoms with van der Waals surface area (Å²) in [5.41, 5.74) is 9.18. The Morgan fingerprint density at radius 1 is 0.902 bits per heavy atom. The summed E-state index contributed by atoms with van der Waals surface area (Å²) >= 11 is 0. The van der Waals surface area contributed by atoms with E-state index in [-0.39, 0.29) is 11.5 Å². The van der Waals surface area contributed by atoms with Crippen LogP contribution in [-0.4, -0.2) is 41.2 Å². The first-order valence-corrected chi connectivity index (χ1v) is 13.3. The third kappa shape index (κ3) is 3.45. The molecule has 4 aromatic carbocycles. The Hall–Kier alpha value is -5.02. The molecule has 2 aliphatic heterocycles. The maximum atomic E-state index is 13.2. The van der Waals surface area contributed by atoms with Gasteiger partial charge in [0, 0.05) is 17.0 Å². The minimum atomic E-state index is -0.762. The summed E-state index contributed by atoms with van der Waals surface area (Å²) in [7, 11) is 2.69. The molecule has 0 radical (unpaired) electrons. The Bertz CT molecular complexity index is 1950. The van der Waals surface area contributed by atoms with E-state index in [1.165, 1.54) is 14.2 Å². The van der Waals surface area contributed by atoms with Crippen molar-refractivity contribution in [3.05, 3.63) is 88.5 Å². The van der Waals surface area contributed by atoms with Crippen LogP contribution in [0.2, 0.25) is 0 Å². The highest BCUT2D eigenvalue weighted by Gasteiger charge is 2.39. The highest BCUT2D eigenvalue weighted by molar-refractivity contribution is 6.12. The van der Waals surface area contributed by atoms with Crippen molar-refractivity contribution in [2.75, 3.05) is 24.4 Å². The van der Waals surface area contributed by atoms with Gasteiger partial charge in [-0.1, -0.05) is 37.3 Å². The number of para-hydroxylation sites is 3. The molecule has 0 bridgehead atoms. The number of aliphatic hydroxyl groups is 1. The largest absolute Gasteiger partial charge is 0.465 e. The number of hydrogen-bond acceptors (Lipinski definition) is 9. The van der Waals surface area contributed by atoms with Crippen molar-refractivity contribution in [1.82, 2.24) is 9.97 Å². The molecule has 2 atom stereocenters. The zero-order valence-corrected chi connectivity index (χ0v) is 22.9. The van der Waals surface area contributed by atoms with Crippen LogP contribution >= 0.6 is 0 Å². The third-order valence-electron chi connectivity index (χ3n) is 8.03. The van der Waals surface area contributed by atoms with Gasteiger partial charge in [-0.3, -0.25) is 0 Å². The van der Waals surface area contributed by atoms with E-state index in [0.717, 1.165) is 33.9 Å². The Kier molecular flexibility index (Phi) is 5.49. The van der Waals surface area contributed by atoms with Crippen molar-refractivity contribution >= 4 is 62.4 Å². The van der Waals surface area contributed by atoms with Crippen LogP contribution < -0.4 is 10.2 Å². The van der Waals surface area contributed by atoms with E-state index in [0.29, 0.717) is 38.9 Å². The first-order valence-electron chi connectivity index (χ1n) is 13.3.